The highest BCUT2D eigenvalue weighted by molar-refractivity contribution is 5.56. The molecule has 54 valence electrons. The Morgan fingerprint density at radius 2 is 2.00 bits per heavy atom. The van der Waals surface area contributed by atoms with E-state index in [1.807, 2.05) is 0 Å². The third-order valence-electron chi connectivity index (χ3n) is 1.02. The smallest absolute Gasteiger partial charge is 0.136 e. The maximum atomic E-state index is 10.1. The summed E-state index contributed by atoms with van der Waals surface area (Å²) in [7, 11) is 0. The van der Waals surface area contributed by atoms with Crippen LogP contribution in [0.1, 0.15) is 27.2 Å². The van der Waals surface area contributed by atoms with Gasteiger partial charge in [0.1, 0.15) is 6.29 Å². The summed E-state index contributed by atoms with van der Waals surface area (Å²) in [5, 5.41) is 0. The SMILES string of the molecule is CC(C)(C)CC(N)C=O. The van der Waals surface area contributed by atoms with E-state index < -0.39 is 0 Å². The summed E-state index contributed by atoms with van der Waals surface area (Å²) in [6, 6.07) is -0.287. The highest BCUT2D eigenvalue weighted by atomic mass is 16.1. The van der Waals surface area contributed by atoms with Crippen LogP contribution in [-0.2, 0) is 4.79 Å². The molecule has 9 heavy (non-hydrogen) atoms. The van der Waals surface area contributed by atoms with E-state index in [0.29, 0.717) is 0 Å². The average molecular weight is 129 g/mol. The first-order chi connectivity index (χ1) is 3.95. The Kier molecular flexibility index (Phi) is 2.85. The van der Waals surface area contributed by atoms with Gasteiger partial charge in [-0.1, -0.05) is 20.8 Å². The highest BCUT2D eigenvalue weighted by Gasteiger charge is 2.14. The maximum Gasteiger partial charge on any atom is 0.136 e. The zero-order valence-electron chi connectivity index (χ0n) is 6.35. The fourth-order valence-electron chi connectivity index (χ4n) is 0.755. The molecule has 0 saturated carbocycles. The van der Waals surface area contributed by atoms with E-state index in [1.165, 1.54) is 0 Å². The topological polar surface area (TPSA) is 43.1 Å². The molecule has 0 saturated heterocycles. The second kappa shape index (κ2) is 2.97. The van der Waals surface area contributed by atoms with E-state index >= 15 is 0 Å². The third kappa shape index (κ3) is 5.50. The largest absolute Gasteiger partial charge is 0.322 e. The maximum absolute atomic E-state index is 10.1. The van der Waals surface area contributed by atoms with Crippen LogP contribution in [0.4, 0.5) is 0 Å². The number of hydrogen-bond acceptors (Lipinski definition) is 2. The Hall–Kier alpha value is -0.370. The number of aldehydes is 1. The molecular formula is C7H15NO. The van der Waals surface area contributed by atoms with Crippen LogP contribution in [0.5, 0.6) is 0 Å². The first kappa shape index (κ1) is 8.63. The predicted octanol–water partition coefficient (Wildman–Crippen LogP) is 0.949. The van der Waals surface area contributed by atoms with Crippen LogP contribution in [0.2, 0.25) is 0 Å². The molecular weight excluding hydrogens is 114 g/mol. The number of rotatable bonds is 2. The van der Waals surface area contributed by atoms with Crippen LogP contribution < -0.4 is 5.73 Å². The van der Waals surface area contributed by atoms with Crippen molar-refractivity contribution < 1.29 is 4.79 Å². The molecule has 0 radical (unpaired) electrons. The van der Waals surface area contributed by atoms with Crippen LogP contribution in [0.25, 0.3) is 0 Å². The van der Waals surface area contributed by atoms with E-state index in [-0.39, 0.29) is 11.5 Å². The van der Waals surface area contributed by atoms with Crippen molar-refractivity contribution in [1.82, 2.24) is 0 Å². The van der Waals surface area contributed by atoms with Gasteiger partial charge in [0.15, 0.2) is 0 Å². The van der Waals surface area contributed by atoms with Gasteiger partial charge in [-0.3, -0.25) is 0 Å². The lowest BCUT2D eigenvalue weighted by Gasteiger charge is -2.19. The second-order valence-corrected chi connectivity index (χ2v) is 3.56. The summed E-state index contributed by atoms with van der Waals surface area (Å²) in [5.74, 6) is 0. The molecule has 1 atom stereocenters. The van der Waals surface area contributed by atoms with Crippen molar-refractivity contribution in [3.8, 4) is 0 Å². The van der Waals surface area contributed by atoms with Crippen molar-refractivity contribution in [2.24, 2.45) is 11.1 Å². The predicted molar refractivity (Wildman–Crippen MR) is 38.1 cm³/mol. The minimum Gasteiger partial charge on any atom is -0.322 e. The molecule has 0 aromatic heterocycles. The van der Waals surface area contributed by atoms with Crippen LogP contribution >= 0.6 is 0 Å². The summed E-state index contributed by atoms with van der Waals surface area (Å²) in [4.78, 5) is 10.1. The van der Waals surface area contributed by atoms with Crippen molar-refractivity contribution in [2.45, 2.75) is 33.2 Å². The fraction of sp³-hybridized carbons (Fsp3) is 0.857. The van der Waals surface area contributed by atoms with Crippen LogP contribution in [0.15, 0.2) is 0 Å². The summed E-state index contributed by atoms with van der Waals surface area (Å²) in [6.45, 7) is 6.20. The molecule has 0 heterocycles. The monoisotopic (exact) mass is 129 g/mol. The summed E-state index contributed by atoms with van der Waals surface area (Å²) >= 11 is 0. The molecule has 0 aromatic carbocycles. The number of carbonyl (C=O) groups excluding carboxylic acids is 1. The van der Waals surface area contributed by atoms with Gasteiger partial charge in [0.25, 0.3) is 0 Å². The normalized spacial score (nSPS) is 15.1. The first-order valence-electron chi connectivity index (χ1n) is 3.16. The van der Waals surface area contributed by atoms with Crippen LogP contribution in [-0.4, -0.2) is 12.3 Å². The van der Waals surface area contributed by atoms with Crippen LogP contribution in [0.3, 0.4) is 0 Å². The summed E-state index contributed by atoms with van der Waals surface area (Å²) in [5.41, 5.74) is 5.56. The quantitative estimate of drug-likeness (QED) is 0.564. The van der Waals surface area contributed by atoms with E-state index in [4.69, 9.17) is 5.73 Å². The molecule has 0 aliphatic rings. The number of carbonyl (C=O) groups is 1. The van der Waals surface area contributed by atoms with Gasteiger partial charge >= 0.3 is 0 Å². The van der Waals surface area contributed by atoms with Crippen molar-refractivity contribution >= 4 is 6.29 Å². The van der Waals surface area contributed by atoms with Crippen molar-refractivity contribution in [2.75, 3.05) is 0 Å². The third-order valence-corrected chi connectivity index (χ3v) is 1.02. The standard InChI is InChI=1S/C7H15NO/c1-7(2,3)4-6(8)5-9/h5-6H,4,8H2,1-3H3. The highest BCUT2D eigenvalue weighted by Crippen LogP contribution is 2.18. The summed E-state index contributed by atoms with van der Waals surface area (Å²) in [6.07, 6.45) is 1.56. The summed E-state index contributed by atoms with van der Waals surface area (Å²) < 4.78 is 0. The van der Waals surface area contributed by atoms with Gasteiger partial charge in [0.2, 0.25) is 0 Å². The molecule has 0 fully saturated rings. The molecule has 2 heteroatoms. The molecule has 0 spiro atoms. The van der Waals surface area contributed by atoms with Crippen molar-refractivity contribution in [3.05, 3.63) is 0 Å². The Bertz CT molecular complexity index is 93.6. The van der Waals surface area contributed by atoms with Gasteiger partial charge in [0.05, 0.1) is 6.04 Å². The van der Waals surface area contributed by atoms with E-state index in [9.17, 15) is 4.79 Å². The van der Waals surface area contributed by atoms with E-state index in [1.54, 1.807) is 0 Å². The minimum absolute atomic E-state index is 0.167. The minimum atomic E-state index is -0.287. The van der Waals surface area contributed by atoms with Crippen LogP contribution in [0, 0.1) is 5.41 Å². The Morgan fingerprint density at radius 3 is 2.11 bits per heavy atom. The van der Waals surface area contributed by atoms with Gasteiger partial charge in [-0.05, 0) is 11.8 Å². The Labute approximate surface area is 56.4 Å². The molecule has 2 N–H and O–H groups in total. The molecule has 0 aliphatic heterocycles. The molecule has 2 nitrogen and oxygen atoms in total. The van der Waals surface area contributed by atoms with Crippen molar-refractivity contribution in [3.63, 3.8) is 0 Å². The lowest BCUT2D eigenvalue weighted by molar-refractivity contribution is -0.109. The second-order valence-electron chi connectivity index (χ2n) is 3.56. The fourth-order valence-corrected chi connectivity index (χ4v) is 0.755. The lowest BCUT2D eigenvalue weighted by Crippen LogP contribution is -2.27. The lowest BCUT2D eigenvalue weighted by atomic mass is 9.89. The molecule has 0 rings (SSSR count). The zero-order valence-corrected chi connectivity index (χ0v) is 6.35. The van der Waals surface area contributed by atoms with Gasteiger partial charge in [-0.2, -0.15) is 0 Å². The molecule has 1 unspecified atom stereocenters. The Morgan fingerprint density at radius 1 is 1.56 bits per heavy atom. The Balaban J connectivity index is 3.59. The zero-order chi connectivity index (χ0) is 7.49. The van der Waals surface area contributed by atoms with Gasteiger partial charge in [-0.15, -0.1) is 0 Å². The molecule has 0 bridgehead atoms. The van der Waals surface area contributed by atoms with Gasteiger partial charge in [-0.25, -0.2) is 0 Å². The van der Waals surface area contributed by atoms with Crippen molar-refractivity contribution in [1.29, 1.82) is 0 Å². The van der Waals surface area contributed by atoms with E-state index in [2.05, 4.69) is 20.8 Å². The number of hydrogen-bond donors (Lipinski definition) is 1. The van der Waals surface area contributed by atoms with Gasteiger partial charge < -0.3 is 10.5 Å². The van der Waals surface area contributed by atoms with Gasteiger partial charge in [0, 0.05) is 0 Å². The number of nitrogens with two attached hydrogens (primary N) is 1. The first-order valence-corrected chi connectivity index (χ1v) is 3.16. The average Bonchev–Trinajstić information content (AvgIpc) is 1.62. The van der Waals surface area contributed by atoms with E-state index in [0.717, 1.165) is 12.7 Å². The molecule has 0 amide bonds. The molecule has 0 aliphatic carbocycles. The molecule has 0 aromatic rings.